The molecule has 2 fully saturated rings. The first-order valence-electron chi connectivity index (χ1n) is 6.60. The minimum atomic E-state index is -0.468. The zero-order valence-electron chi connectivity index (χ0n) is 11.0. The molecule has 0 bridgehead atoms. The number of hydrogen-bond acceptors (Lipinski definition) is 4. The molecule has 4 heteroatoms. The van der Waals surface area contributed by atoms with E-state index in [4.69, 9.17) is 14.2 Å². The number of rotatable bonds is 6. The quantitative estimate of drug-likeness (QED) is 0.580. The molecule has 2 aliphatic rings. The third-order valence-electron chi connectivity index (χ3n) is 3.89. The van der Waals surface area contributed by atoms with Crippen LogP contribution in [-0.2, 0) is 25.6 Å². The Hall–Kier alpha value is -1.39. The second-order valence-electron chi connectivity index (χ2n) is 5.30. The van der Waals surface area contributed by atoms with Crippen molar-refractivity contribution in [3.8, 4) is 0 Å². The second-order valence-corrected chi connectivity index (χ2v) is 5.30. The van der Waals surface area contributed by atoms with E-state index in [0.29, 0.717) is 6.61 Å². The summed E-state index contributed by atoms with van der Waals surface area (Å²) in [6, 6.07) is 9.98. The molecule has 19 heavy (non-hydrogen) atoms. The van der Waals surface area contributed by atoms with Crippen LogP contribution in [0.15, 0.2) is 30.3 Å². The molecule has 1 aromatic rings. The van der Waals surface area contributed by atoms with Crippen molar-refractivity contribution in [3.05, 3.63) is 35.9 Å². The highest BCUT2D eigenvalue weighted by molar-refractivity contribution is 5.81. The average Bonchev–Trinajstić information content (AvgIpc) is 3.36. The first-order chi connectivity index (χ1) is 9.24. The summed E-state index contributed by atoms with van der Waals surface area (Å²) >= 11 is 0. The Kier molecular flexibility index (Phi) is 3.29. The largest absolute Gasteiger partial charge is 0.469 e. The van der Waals surface area contributed by atoms with Gasteiger partial charge in [-0.2, -0.15) is 0 Å². The maximum absolute atomic E-state index is 11.9. The maximum atomic E-state index is 11.9. The van der Waals surface area contributed by atoms with Crippen LogP contribution in [0.3, 0.4) is 0 Å². The Balaban J connectivity index is 1.58. The molecule has 0 radical (unpaired) electrons. The topological polar surface area (TPSA) is 48.1 Å². The molecule has 1 saturated carbocycles. The van der Waals surface area contributed by atoms with E-state index in [9.17, 15) is 4.79 Å². The molecular weight excluding hydrogens is 244 g/mol. The zero-order valence-corrected chi connectivity index (χ0v) is 11.0. The summed E-state index contributed by atoms with van der Waals surface area (Å²) in [6.07, 6.45) is 1.64. The van der Waals surface area contributed by atoms with Crippen LogP contribution in [0.4, 0.5) is 0 Å². The van der Waals surface area contributed by atoms with Crippen molar-refractivity contribution in [2.45, 2.75) is 31.7 Å². The lowest BCUT2D eigenvalue weighted by Gasteiger charge is -2.13. The third kappa shape index (κ3) is 2.65. The number of esters is 1. The standard InChI is InChI=1S/C15H18O4/c1-17-14(16)15(7-12-10-18-12)8-13(15)19-9-11-5-3-2-4-6-11/h2-6,12-13H,7-10H2,1H3/t12-,13?,15?/m0/s1. The molecule has 1 aliphatic carbocycles. The first kappa shape index (κ1) is 12.6. The van der Waals surface area contributed by atoms with E-state index < -0.39 is 5.41 Å². The molecule has 102 valence electrons. The highest BCUT2D eigenvalue weighted by Crippen LogP contribution is 2.54. The predicted molar refractivity (Wildman–Crippen MR) is 68.4 cm³/mol. The van der Waals surface area contributed by atoms with Crippen molar-refractivity contribution in [2.75, 3.05) is 13.7 Å². The Morgan fingerprint density at radius 2 is 2.16 bits per heavy atom. The van der Waals surface area contributed by atoms with Gasteiger partial charge in [-0.15, -0.1) is 0 Å². The summed E-state index contributed by atoms with van der Waals surface area (Å²) in [7, 11) is 1.43. The number of benzene rings is 1. The van der Waals surface area contributed by atoms with Gasteiger partial charge in [-0.3, -0.25) is 4.79 Å². The van der Waals surface area contributed by atoms with E-state index in [-0.39, 0.29) is 18.2 Å². The Morgan fingerprint density at radius 1 is 1.42 bits per heavy atom. The smallest absolute Gasteiger partial charge is 0.314 e. The van der Waals surface area contributed by atoms with E-state index in [2.05, 4.69) is 0 Å². The molecule has 4 nitrogen and oxygen atoms in total. The van der Waals surface area contributed by atoms with Gasteiger partial charge in [0.1, 0.15) is 0 Å². The van der Waals surface area contributed by atoms with Gasteiger partial charge in [-0.05, 0) is 18.4 Å². The Morgan fingerprint density at radius 3 is 2.79 bits per heavy atom. The van der Waals surface area contributed by atoms with Crippen molar-refractivity contribution < 1.29 is 19.0 Å². The summed E-state index contributed by atoms with van der Waals surface area (Å²) in [5.41, 5.74) is 0.654. The Bertz CT molecular complexity index is 454. The lowest BCUT2D eigenvalue weighted by molar-refractivity contribution is -0.149. The van der Waals surface area contributed by atoms with Gasteiger partial charge in [0, 0.05) is 0 Å². The van der Waals surface area contributed by atoms with Crippen LogP contribution in [0.1, 0.15) is 18.4 Å². The fourth-order valence-electron chi connectivity index (χ4n) is 2.57. The van der Waals surface area contributed by atoms with Crippen LogP contribution in [0.25, 0.3) is 0 Å². The highest BCUT2D eigenvalue weighted by atomic mass is 16.6. The zero-order chi connectivity index (χ0) is 13.3. The van der Waals surface area contributed by atoms with E-state index in [1.54, 1.807) is 0 Å². The van der Waals surface area contributed by atoms with E-state index in [1.165, 1.54) is 7.11 Å². The SMILES string of the molecule is COC(=O)C1(C[C@H]2CO2)CC1OCc1ccccc1. The number of hydrogen-bond donors (Lipinski definition) is 0. The lowest BCUT2D eigenvalue weighted by atomic mass is 10.0. The predicted octanol–water partition coefficient (Wildman–Crippen LogP) is 1.92. The van der Waals surface area contributed by atoms with Crippen molar-refractivity contribution >= 4 is 5.97 Å². The van der Waals surface area contributed by atoms with Gasteiger partial charge in [-0.1, -0.05) is 30.3 Å². The number of carbonyl (C=O) groups excluding carboxylic acids is 1. The normalized spacial score (nSPS) is 31.8. The van der Waals surface area contributed by atoms with Gasteiger partial charge in [0.25, 0.3) is 0 Å². The van der Waals surface area contributed by atoms with Crippen molar-refractivity contribution in [3.63, 3.8) is 0 Å². The molecular formula is C15H18O4. The molecule has 3 atom stereocenters. The summed E-state index contributed by atoms with van der Waals surface area (Å²) in [5, 5.41) is 0. The molecule has 0 amide bonds. The average molecular weight is 262 g/mol. The minimum absolute atomic E-state index is 0.0376. The lowest BCUT2D eigenvalue weighted by Crippen LogP contribution is -2.24. The van der Waals surface area contributed by atoms with Crippen LogP contribution in [0, 0.1) is 5.41 Å². The number of epoxide rings is 1. The van der Waals surface area contributed by atoms with Crippen molar-refractivity contribution in [1.29, 1.82) is 0 Å². The van der Waals surface area contributed by atoms with Crippen LogP contribution in [-0.4, -0.2) is 31.9 Å². The molecule has 0 spiro atoms. The summed E-state index contributed by atoms with van der Waals surface area (Å²) in [4.78, 5) is 11.9. The highest BCUT2D eigenvalue weighted by Gasteiger charge is 2.64. The summed E-state index contributed by atoms with van der Waals surface area (Å²) < 4.78 is 16.0. The first-order valence-corrected chi connectivity index (χ1v) is 6.60. The van der Waals surface area contributed by atoms with Crippen LogP contribution < -0.4 is 0 Å². The monoisotopic (exact) mass is 262 g/mol. The minimum Gasteiger partial charge on any atom is -0.469 e. The molecule has 0 aromatic heterocycles. The van der Waals surface area contributed by atoms with Crippen LogP contribution >= 0.6 is 0 Å². The van der Waals surface area contributed by atoms with Gasteiger partial charge in [0.2, 0.25) is 0 Å². The van der Waals surface area contributed by atoms with E-state index in [1.807, 2.05) is 30.3 Å². The maximum Gasteiger partial charge on any atom is 0.314 e. The summed E-state index contributed by atoms with van der Waals surface area (Å²) in [5.74, 6) is -0.166. The van der Waals surface area contributed by atoms with Gasteiger partial charge >= 0.3 is 5.97 Å². The van der Waals surface area contributed by atoms with Crippen LogP contribution in [0.2, 0.25) is 0 Å². The van der Waals surface area contributed by atoms with Gasteiger partial charge in [0.05, 0.1) is 37.9 Å². The molecule has 2 unspecified atom stereocenters. The fraction of sp³-hybridized carbons (Fsp3) is 0.533. The molecule has 1 aliphatic heterocycles. The third-order valence-corrected chi connectivity index (χ3v) is 3.89. The molecule has 3 rings (SSSR count). The van der Waals surface area contributed by atoms with E-state index >= 15 is 0 Å². The number of ether oxygens (including phenoxy) is 3. The second kappa shape index (κ2) is 4.94. The Labute approximate surface area is 112 Å². The fourth-order valence-corrected chi connectivity index (χ4v) is 2.57. The van der Waals surface area contributed by atoms with Crippen LogP contribution in [0.5, 0.6) is 0 Å². The molecule has 1 heterocycles. The number of carbonyl (C=O) groups is 1. The molecule has 1 aromatic carbocycles. The van der Waals surface area contributed by atoms with E-state index in [0.717, 1.165) is 25.0 Å². The van der Waals surface area contributed by atoms with Crippen molar-refractivity contribution in [1.82, 2.24) is 0 Å². The van der Waals surface area contributed by atoms with Gasteiger partial charge in [-0.25, -0.2) is 0 Å². The van der Waals surface area contributed by atoms with Crippen molar-refractivity contribution in [2.24, 2.45) is 5.41 Å². The molecule has 1 saturated heterocycles. The van der Waals surface area contributed by atoms with Gasteiger partial charge < -0.3 is 14.2 Å². The summed E-state index contributed by atoms with van der Waals surface area (Å²) in [6.45, 7) is 1.29. The number of methoxy groups -OCH3 is 1. The molecule has 0 N–H and O–H groups in total. The van der Waals surface area contributed by atoms with Gasteiger partial charge in [0.15, 0.2) is 0 Å².